The van der Waals surface area contributed by atoms with Crippen molar-refractivity contribution in [1.29, 1.82) is 0 Å². The van der Waals surface area contributed by atoms with E-state index in [0.29, 0.717) is 12.2 Å². The van der Waals surface area contributed by atoms with Gasteiger partial charge >= 0.3 is 11.8 Å². The molecule has 5 nitrogen and oxygen atoms in total. The largest absolute Gasteiger partial charge is 0.348 e. The molecule has 0 atom stereocenters. The van der Waals surface area contributed by atoms with E-state index in [0.717, 1.165) is 30.5 Å². The molecule has 0 heterocycles. The number of nitrogens with zero attached hydrogens (tertiary/aromatic N) is 1. The monoisotopic (exact) mass is 355 g/mol. The Morgan fingerprint density at radius 3 is 2.29 bits per heavy atom. The molecule has 0 saturated heterocycles. The molecule has 0 radical (unpaired) electrons. The first kappa shape index (κ1) is 17.7. The highest BCUT2D eigenvalue weighted by Crippen LogP contribution is 2.13. The summed E-state index contributed by atoms with van der Waals surface area (Å²) >= 11 is 3.31. The molecular formula is C15H22BrN3O2. The van der Waals surface area contributed by atoms with E-state index in [-0.39, 0.29) is 0 Å². The van der Waals surface area contributed by atoms with Crippen molar-refractivity contribution in [2.24, 2.45) is 0 Å². The van der Waals surface area contributed by atoms with Gasteiger partial charge in [-0.3, -0.25) is 9.59 Å². The Kier molecular flexibility index (Phi) is 8.00. The normalized spacial score (nSPS) is 10.5. The van der Waals surface area contributed by atoms with E-state index in [2.05, 4.69) is 45.3 Å². The Balaban J connectivity index is 2.28. The quantitative estimate of drug-likeness (QED) is 0.582. The van der Waals surface area contributed by atoms with Crippen molar-refractivity contribution in [3.8, 4) is 0 Å². The SMILES string of the molecule is CCN(CC)CCCNC(=O)C(=O)Nc1ccc(Br)cc1. The predicted molar refractivity (Wildman–Crippen MR) is 88.2 cm³/mol. The van der Waals surface area contributed by atoms with Crippen LogP contribution in [0, 0.1) is 0 Å². The molecule has 0 aliphatic carbocycles. The van der Waals surface area contributed by atoms with Gasteiger partial charge in [0.2, 0.25) is 0 Å². The summed E-state index contributed by atoms with van der Waals surface area (Å²) in [6, 6.07) is 7.07. The van der Waals surface area contributed by atoms with Gasteiger partial charge in [-0.2, -0.15) is 0 Å². The van der Waals surface area contributed by atoms with E-state index in [1.165, 1.54) is 0 Å². The summed E-state index contributed by atoms with van der Waals surface area (Å²) in [5.41, 5.74) is 0.599. The van der Waals surface area contributed by atoms with E-state index in [4.69, 9.17) is 0 Å². The fourth-order valence-electron chi connectivity index (χ4n) is 1.85. The molecule has 0 aromatic heterocycles. The lowest BCUT2D eigenvalue weighted by Gasteiger charge is -2.17. The maximum absolute atomic E-state index is 11.7. The highest BCUT2D eigenvalue weighted by atomic mass is 79.9. The number of rotatable bonds is 7. The van der Waals surface area contributed by atoms with Crippen LogP contribution >= 0.6 is 15.9 Å². The number of anilines is 1. The van der Waals surface area contributed by atoms with Crippen LogP contribution in [0.4, 0.5) is 5.69 Å². The summed E-state index contributed by atoms with van der Waals surface area (Å²) in [6.07, 6.45) is 0.832. The van der Waals surface area contributed by atoms with Crippen molar-refractivity contribution in [2.45, 2.75) is 20.3 Å². The van der Waals surface area contributed by atoms with Crippen molar-refractivity contribution >= 4 is 33.4 Å². The topological polar surface area (TPSA) is 61.4 Å². The molecular weight excluding hydrogens is 334 g/mol. The summed E-state index contributed by atoms with van der Waals surface area (Å²) in [6.45, 7) is 7.62. The highest BCUT2D eigenvalue weighted by Gasteiger charge is 2.12. The zero-order chi connectivity index (χ0) is 15.7. The number of halogens is 1. The minimum absolute atomic E-state index is 0.503. The Morgan fingerprint density at radius 2 is 1.71 bits per heavy atom. The van der Waals surface area contributed by atoms with Crippen LogP contribution in [-0.2, 0) is 9.59 Å². The second-order valence-corrected chi connectivity index (χ2v) is 5.51. The van der Waals surface area contributed by atoms with Crippen LogP contribution in [-0.4, -0.2) is 42.9 Å². The third-order valence-electron chi connectivity index (χ3n) is 3.14. The lowest BCUT2D eigenvalue weighted by atomic mass is 10.3. The van der Waals surface area contributed by atoms with Crippen LogP contribution in [0.5, 0.6) is 0 Å². The van der Waals surface area contributed by atoms with E-state index < -0.39 is 11.8 Å². The zero-order valence-electron chi connectivity index (χ0n) is 12.5. The molecule has 0 bridgehead atoms. The molecule has 2 amide bonds. The van der Waals surface area contributed by atoms with Crippen LogP contribution in [0.15, 0.2) is 28.7 Å². The first-order valence-electron chi connectivity index (χ1n) is 7.14. The number of benzene rings is 1. The number of carbonyl (C=O) groups excluding carboxylic acids is 2. The maximum Gasteiger partial charge on any atom is 0.313 e. The molecule has 0 aliphatic heterocycles. The lowest BCUT2D eigenvalue weighted by molar-refractivity contribution is -0.136. The Bertz CT molecular complexity index is 458. The molecule has 21 heavy (non-hydrogen) atoms. The van der Waals surface area contributed by atoms with E-state index in [9.17, 15) is 9.59 Å². The maximum atomic E-state index is 11.7. The fourth-order valence-corrected chi connectivity index (χ4v) is 2.11. The molecule has 6 heteroatoms. The van der Waals surface area contributed by atoms with Crippen molar-refractivity contribution in [1.82, 2.24) is 10.2 Å². The van der Waals surface area contributed by atoms with Gasteiger partial charge in [0.25, 0.3) is 0 Å². The molecule has 1 aromatic carbocycles. The minimum atomic E-state index is -0.639. The number of hydrogen-bond acceptors (Lipinski definition) is 3. The van der Waals surface area contributed by atoms with E-state index in [1.54, 1.807) is 24.3 Å². The summed E-state index contributed by atoms with van der Waals surface area (Å²) < 4.78 is 0.918. The summed E-state index contributed by atoms with van der Waals surface area (Å²) in [4.78, 5) is 25.6. The van der Waals surface area contributed by atoms with Gasteiger partial charge in [-0.15, -0.1) is 0 Å². The molecule has 1 rings (SSSR count). The number of carbonyl (C=O) groups is 2. The Hall–Kier alpha value is -1.40. The summed E-state index contributed by atoms with van der Waals surface area (Å²) in [5.74, 6) is -1.24. The molecule has 0 unspecified atom stereocenters. The smallest absolute Gasteiger partial charge is 0.313 e. The minimum Gasteiger partial charge on any atom is -0.348 e. The molecule has 0 fully saturated rings. The Morgan fingerprint density at radius 1 is 1.10 bits per heavy atom. The van der Waals surface area contributed by atoms with Crippen LogP contribution in [0.1, 0.15) is 20.3 Å². The van der Waals surface area contributed by atoms with Gasteiger partial charge in [-0.25, -0.2) is 0 Å². The van der Waals surface area contributed by atoms with Crippen LogP contribution in [0.25, 0.3) is 0 Å². The van der Waals surface area contributed by atoms with Crippen LogP contribution in [0.3, 0.4) is 0 Å². The van der Waals surface area contributed by atoms with Gasteiger partial charge in [0.1, 0.15) is 0 Å². The van der Waals surface area contributed by atoms with Gasteiger partial charge < -0.3 is 15.5 Å². The highest BCUT2D eigenvalue weighted by molar-refractivity contribution is 9.10. The van der Waals surface area contributed by atoms with Gasteiger partial charge in [0.15, 0.2) is 0 Å². The first-order chi connectivity index (χ1) is 10.1. The third kappa shape index (κ3) is 6.73. The van der Waals surface area contributed by atoms with Crippen LogP contribution in [0.2, 0.25) is 0 Å². The lowest BCUT2D eigenvalue weighted by Crippen LogP contribution is -2.37. The van der Waals surface area contributed by atoms with Crippen molar-refractivity contribution in [3.05, 3.63) is 28.7 Å². The van der Waals surface area contributed by atoms with Crippen molar-refractivity contribution < 1.29 is 9.59 Å². The fraction of sp³-hybridized carbons (Fsp3) is 0.467. The third-order valence-corrected chi connectivity index (χ3v) is 3.67. The van der Waals surface area contributed by atoms with E-state index >= 15 is 0 Å². The molecule has 0 spiro atoms. The van der Waals surface area contributed by atoms with Gasteiger partial charge in [-0.05, 0) is 50.3 Å². The Labute approximate surface area is 134 Å². The van der Waals surface area contributed by atoms with E-state index in [1.807, 2.05) is 0 Å². The van der Waals surface area contributed by atoms with Crippen LogP contribution < -0.4 is 10.6 Å². The number of amides is 2. The molecule has 0 saturated carbocycles. The standard InChI is InChI=1S/C15H22BrN3O2/c1-3-19(4-2)11-5-10-17-14(20)15(21)18-13-8-6-12(16)7-9-13/h6-9H,3-5,10-11H2,1-2H3,(H,17,20)(H,18,21). The van der Waals surface area contributed by atoms with Crippen molar-refractivity contribution in [2.75, 3.05) is 31.5 Å². The molecule has 2 N–H and O–H groups in total. The second-order valence-electron chi connectivity index (χ2n) is 4.60. The number of nitrogens with one attached hydrogen (secondary N) is 2. The molecule has 0 aliphatic rings. The summed E-state index contributed by atoms with van der Waals surface area (Å²) in [7, 11) is 0. The number of hydrogen-bond donors (Lipinski definition) is 2. The molecule has 116 valence electrons. The average molecular weight is 356 g/mol. The van der Waals surface area contributed by atoms with Gasteiger partial charge in [0, 0.05) is 16.7 Å². The summed E-state index contributed by atoms with van der Waals surface area (Å²) in [5, 5.41) is 5.19. The van der Waals surface area contributed by atoms with Crippen molar-refractivity contribution in [3.63, 3.8) is 0 Å². The van der Waals surface area contributed by atoms with Gasteiger partial charge in [0.05, 0.1) is 0 Å². The zero-order valence-corrected chi connectivity index (χ0v) is 14.1. The average Bonchev–Trinajstić information content (AvgIpc) is 2.49. The molecule has 1 aromatic rings. The first-order valence-corrected chi connectivity index (χ1v) is 7.93. The second kappa shape index (κ2) is 9.52. The predicted octanol–water partition coefficient (Wildman–Crippen LogP) is 2.24. The van der Waals surface area contributed by atoms with Gasteiger partial charge in [-0.1, -0.05) is 29.8 Å².